The molecule has 0 fully saturated rings. The molecule has 0 amide bonds. The predicted molar refractivity (Wildman–Crippen MR) is 67.0 cm³/mol. The van der Waals surface area contributed by atoms with Gasteiger partial charge in [0.25, 0.3) is 0 Å². The lowest BCUT2D eigenvalue weighted by Crippen LogP contribution is -2.35. The molecule has 0 bridgehead atoms. The summed E-state index contributed by atoms with van der Waals surface area (Å²) in [6.45, 7) is 7.95. The van der Waals surface area contributed by atoms with Crippen LogP contribution in [0.4, 0.5) is 5.69 Å². The van der Waals surface area contributed by atoms with Crippen LogP contribution in [-0.4, -0.2) is 23.4 Å². The highest BCUT2D eigenvalue weighted by atomic mass is 16.5. The van der Waals surface area contributed by atoms with Crippen molar-refractivity contribution in [3.8, 4) is 5.75 Å². The van der Waals surface area contributed by atoms with E-state index < -0.39 is 0 Å². The molecule has 16 heavy (non-hydrogen) atoms. The van der Waals surface area contributed by atoms with Crippen LogP contribution in [0.25, 0.3) is 0 Å². The van der Waals surface area contributed by atoms with Gasteiger partial charge >= 0.3 is 0 Å². The Morgan fingerprint density at radius 3 is 2.50 bits per heavy atom. The Balaban J connectivity index is 2.86. The maximum Gasteiger partial charge on any atom is 0.142 e. The van der Waals surface area contributed by atoms with Crippen LogP contribution in [0.5, 0.6) is 5.75 Å². The van der Waals surface area contributed by atoms with E-state index in [1.807, 2.05) is 52.0 Å². The maximum absolute atomic E-state index is 9.22. The van der Waals surface area contributed by atoms with Gasteiger partial charge in [-0.25, -0.2) is 0 Å². The summed E-state index contributed by atoms with van der Waals surface area (Å²) in [4.78, 5) is 0. The number of aliphatic hydroxyl groups is 1. The van der Waals surface area contributed by atoms with Crippen LogP contribution < -0.4 is 10.1 Å². The van der Waals surface area contributed by atoms with Crippen LogP contribution in [-0.2, 0) is 0 Å². The van der Waals surface area contributed by atoms with Crippen molar-refractivity contribution in [1.82, 2.24) is 0 Å². The molecular formula is C13H21NO2. The van der Waals surface area contributed by atoms with Crippen LogP contribution in [0.1, 0.15) is 27.7 Å². The first-order valence-corrected chi connectivity index (χ1v) is 5.59. The summed E-state index contributed by atoms with van der Waals surface area (Å²) in [6.07, 6.45) is 0.139. The second kappa shape index (κ2) is 5.21. The minimum Gasteiger partial charge on any atom is -0.489 e. The van der Waals surface area contributed by atoms with Crippen molar-refractivity contribution in [3.63, 3.8) is 0 Å². The average Bonchev–Trinajstić information content (AvgIpc) is 2.20. The number of anilines is 1. The summed E-state index contributed by atoms with van der Waals surface area (Å²) in [6, 6.07) is 7.77. The first kappa shape index (κ1) is 12.8. The van der Waals surface area contributed by atoms with Crippen LogP contribution in [0, 0.1) is 0 Å². The standard InChI is InChI=1S/C13H21NO2/c1-10(2)16-12-8-6-5-7-11(12)14-13(3,4)9-15/h5-8,10,14-15H,9H2,1-4H3. The molecule has 2 N–H and O–H groups in total. The molecule has 1 rings (SSSR count). The van der Waals surface area contributed by atoms with Crippen molar-refractivity contribution in [3.05, 3.63) is 24.3 Å². The third-order valence-corrected chi connectivity index (χ3v) is 2.12. The number of ether oxygens (including phenoxy) is 1. The van der Waals surface area contributed by atoms with Crippen molar-refractivity contribution in [2.75, 3.05) is 11.9 Å². The highest BCUT2D eigenvalue weighted by molar-refractivity contribution is 5.57. The smallest absolute Gasteiger partial charge is 0.142 e. The van der Waals surface area contributed by atoms with E-state index in [2.05, 4.69) is 5.32 Å². The lowest BCUT2D eigenvalue weighted by molar-refractivity contribution is 0.229. The number of aliphatic hydroxyl groups excluding tert-OH is 1. The van der Waals surface area contributed by atoms with E-state index in [0.29, 0.717) is 0 Å². The molecule has 90 valence electrons. The number of benzene rings is 1. The predicted octanol–water partition coefficient (Wildman–Crippen LogP) is 2.66. The fraction of sp³-hybridized carbons (Fsp3) is 0.538. The molecule has 0 saturated heterocycles. The molecule has 0 aromatic heterocycles. The molecule has 0 heterocycles. The SMILES string of the molecule is CC(C)Oc1ccccc1NC(C)(C)CO. The van der Waals surface area contributed by atoms with Gasteiger partial charge in [0, 0.05) is 0 Å². The molecule has 1 aromatic carbocycles. The third kappa shape index (κ3) is 3.74. The molecule has 0 radical (unpaired) electrons. The van der Waals surface area contributed by atoms with Crippen molar-refractivity contribution in [2.45, 2.75) is 39.3 Å². The average molecular weight is 223 g/mol. The zero-order valence-electron chi connectivity index (χ0n) is 10.4. The minimum atomic E-state index is -0.351. The quantitative estimate of drug-likeness (QED) is 0.806. The van der Waals surface area contributed by atoms with Gasteiger partial charge in [0.1, 0.15) is 5.75 Å². The number of hydrogen-bond acceptors (Lipinski definition) is 3. The fourth-order valence-corrected chi connectivity index (χ4v) is 1.33. The van der Waals surface area contributed by atoms with E-state index in [9.17, 15) is 5.11 Å². The number of para-hydroxylation sites is 2. The van der Waals surface area contributed by atoms with Crippen LogP contribution in [0.2, 0.25) is 0 Å². The molecule has 0 atom stereocenters. The molecule has 1 aromatic rings. The summed E-state index contributed by atoms with van der Waals surface area (Å²) in [7, 11) is 0. The molecule has 3 nitrogen and oxygen atoms in total. The zero-order chi connectivity index (χ0) is 12.2. The molecule has 0 aliphatic heterocycles. The Hall–Kier alpha value is -1.22. The van der Waals surface area contributed by atoms with Gasteiger partial charge in [0.05, 0.1) is 23.9 Å². The van der Waals surface area contributed by atoms with Crippen molar-refractivity contribution in [2.24, 2.45) is 0 Å². The van der Waals surface area contributed by atoms with Crippen LogP contribution in [0.3, 0.4) is 0 Å². The van der Waals surface area contributed by atoms with E-state index in [1.54, 1.807) is 0 Å². The molecule has 0 aliphatic rings. The normalized spacial score (nSPS) is 11.6. The molecule has 3 heteroatoms. The van der Waals surface area contributed by atoms with Gasteiger partial charge in [-0.3, -0.25) is 0 Å². The highest BCUT2D eigenvalue weighted by Gasteiger charge is 2.17. The number of nitrogens with one attached hydrogen (secondary N) is 1. The van der Waals surface area contributed by atoms with Crippen LogP contribution in [0.15, 0.2) is 24.3 Å². The highest BCUT2D eigenvalue weighted by Crippen LogP contribution is 2.27. The fourth-order valence-electron chi connectivity index (χ4n) is 1.33. The Morgan fingerprint density at radius 2 is 1.94 bits per heavy atom. The van der Waals surface area contributed by atoms with E-state index >= 15 is 0 Å². The summed E-state index contributed by atoms with van der Waals surface area (Å²) in [5.41, 5.74) is 0.562. The Kier molecular flexibility index (Phi) is 4.19. The van der Waals surface area contributed by atoms with E-state index in [-0.39, 0.29) is 18.2 Å². The third-order valence-electron chi connectivity index (χ3n) is 2.12. The first-order valence-electron chi connectivity index (χ1n) is 5.59. The van der Waals surface area contributed by atoms with Crippen LogP contribution >= 0.6 is 0 Å². The largest absolute Gasteiger partial charge is 0.489 e. The van der Waals surface area contributed by atoms with Gasteiger partial charge in [-0.05, 0) is 39.8 Å². The van der Waals surface area contributed by atoms with Gasteiger partial charge in [-0.15, -0.1) is 0 Å². The van der Waals surface area contributed by atoms with Gasteiger partial charge in [0.15, 0.2) is 0 Å². The molecule has 0 unspecified atom stereocenters. The Bertz CT molecular complexity index is 334. The first-order chi connectivity index (χ1) is 7.44. The summed E-state index contributed by atoms with van der Waals surface area (Å²) in [5.74, 6) is 0.819. The Labute approximate surface area is 97.4 Å². The summed E-state index contributed by atoms with van der Waals surface area (Å²) in [5, 5.41) is 12.5. The maximum atomic E-state index is 9.22. The van der Waals surface area contributed by atoms with E-state index in [0.717, 1.165) is 11.4 Å². The molecule has 0 spiro atoms. The number of hydrogen-bond donors (Lipinski definition) is 2. The summed E-state index contributed by atoms with van der Waals surface area (Å²) < 4.78 is 5.69. The Morgan fingerprint density at radius 1 is 1.31 bits per heavy atom. The van der Waals surface area contributed by atoms with Gasteiger partial charge in [-0.2, -0.15) is 0 Å². The van der Waals surface area contributed by atoms with Crippen molar-refractivity contribution >= 4 is 5.69 Å². The number of rotatable bonds is 5. The van der Waals surface area contributed by atoms with E-state index in [1.165, 1.54) is 0 Å². The van der Waals surface area contributed by atoms with Crippen molar-refractivity contribution < 1.29 is 9.84 Å². The monoisotopic (exact) mass is 223 g/mol. The topological polar surface area (TPSA) is 41.5 Å². The lowest BCUT2D eigenvalue weighted by Gasteiger charge is -2.26. The molecular weight excluding hydrogens is 202 g/mol. The van der Waals surface area contributed by atoms with Crippen molar-refractivity contribution in [1.29, 1.82) is 0 Å². The van der Waals surface area contributed by atoms with Gasteiger partial charge < -0.3 is 15.2 Å². The lowest BCUT2D eigenvalue weighted by atomic mass is 10.1. The zero-order valence-corrected chi connectivity index (χ0v) is 10.4. The summed E-state index contributed by atoms with van der Waals surface area (Å²) >= 11 is 0. The second-order valence-electron chi connectivity index (χ2n) is 4.83. The minimum absolute atomic E-state index is 0.0724. The van der Waals surface area contributed by atoms with Gasteiger partial charge in [0.2, 0.25) is 0 Å². The van der Waals surface area contributed by atoms with E-state index in [4.69, 9.17) is 4.74 Å². The molecule has 0 aliphatic carbocycles. The molecule has 0 saturated carbocycles. The van der Waals surface area contributed by atoms with Gasteiger partial charge in [-0.1, -0.05) is 12.1 Å². The second-order valence-corrected chi connectivity index (χ2v) is 4.83.